The van der Waals surface area contributed by atoms with Gasteiger partial charge in [0.05, 0.1) is 10.6 Å². The van der Waals surface area contributed by atoms with Gasteiger partial charge in [0.1, 0.15) is 4.90 Å². The van der Waals surface area contributed by atoms with E-state index in [0.717, 1.165) is 61.6 Å². The number of sulfone groups is 1. The molecule has 0 saturated carbocycles. The number of rotatable bonds is 19. The molecule has 1 aliphatic carbocycles. The number of carbonyl (C=O) groups is 1. The molecule has 0 unspecified atom stereocenters. The van der Waals surface area contributed by atoms with Crippen LogP contribution in [0.1, 0.15) is 62.7 Å². The molecule has 18 heteroatoms. The predicted octanol–water partition coefficient (Wildman–Crippen LogP) is 8.85. The number of alkyl halides is 5. The van der Waals surface area contributed by atoms with Crippen LogP contribution in [0.25, 0.3) is 0 Å². The number of amides is 1. The van der Waals surface area contributed by atoms with E-state index in [1.54, 1.807) is 12.1 Å². The second-order valence-electron chi connectivity index (χ2n) is 16.9. The molecule has 5 rings (SSSR count). The van der Waals surface area contributed by atoms with Crippen LogP contribution in [-0.2, 0) is 19.9 Å². The number of hydrogen-bond donors (Lipinski definition) is 2. The van der Waals surface area contributed by atoms with Gasteiger partial charge >= 0.3 is 5.51 Å². The lowest BCUT2D eigenvalue weighted by Crippen LogP contribution is -2.47. The maximum atomic E-state index is 14.0. The first-order valence-electron chi connectivity index (χ1n) is 20.4. The van der Waals surface area contributed by atoms with Crippen LogP contribution in [0, 0.1) is 5.41 Å². The highest BCUT2D eigenvalue weighted by Gasteiger charge is 2.48. The highest BCUT2D eigenvalue weighted by atomic mass is 32.2. The van der Waals surface area contributed by atoms with Crippen LogP contribution in [-0.4, -0.2) is 110 Å². The van der Waals surface area contributed by atoms with Gasteiger partial charge in [0, 0.05) is 60.7 Å². The molecular formula is C44H56F5N5O5S3. The fourth-order valence-corrected chi connectivity index (χ4v) is 10.5. The Morgan fingerprint density at radius 2 is 1.60 bits per heavy atom. The van der Waals surface area contributed by atoms with E-state index in [1.807, 2.05) is 54.0 Å². The van der Waals surface area contributed by atoms with Gasteiger partial charge in [-0.15, -0.1) is 11.8 Å². The van der Waals surface area contributed by atoms with Crippen molar-refractivity contribution in [2.45, 2.75) is 85.0 Å². The fraction of sp³-hybridized carbons (Fsp3) is 0.477. The molecule has 1 saturated heterocycles. The molecule has 0 aromatic heterocycles. The van der Waals surface area contributed by atoms with E-state index in [-0.39, 0.29) is 23.0 Å². The molecule has 3 aromatic rings. The Balaban J connectivity index is 1.25. The Morgan fingerprint density at radius 3 is 2.21 bits per heavy atom. The number of nitrogens with one attached hydrogen (secondary N) is 2. The van der Waals surface area contributed by atoms with Gasteiger partial charge in [-0.1, -0.05) is 49.8 Å². The summed E-state index contributed by atoms with van der Waals surface area (Å²) in [4.78, 5) is 18.4. The zero-order valence-corrected chi connectivity index (χ0v) is 37.9. The minimum atomic E-state index is -6.05. The molecule has 62 heavy (non-hydrogen) atoms. The van der Waals surface area contributed by atoms with Crippen molar-refractivity contribution in [3.8, 4) is 0 Å². The van der Waals surface area contributed by atoms with Gasteiger partial charge < -0.3 is 15.1 Å². The lowest BCUT2D eigenvalue weighted by Gasteiger charge is -2.39. The topological polar surface area (TPSA) is 119 Å². The van der Waals surface area contributed by atoms with Crippen molar-refractivity contribution in [2.75, 3.05) is 69.3 Å². The van der Waals surface area contributed by atoms with Crippen LogP contribution in [0.5, 0.6) is 0 Å². The Labute approximate surface area is 367 Å². The zero-order valence-electron chi connectivity index (χ0n) is 35.5. The first-order valence-corrected chi connectivity index (χ1v) is 24.3. The van der Waals surface area contributed by atoms with E-state index in [2.05, 4.69) is 35.5 Å². The maximum Gasteiger partial charge on any atom is 0.501 e. The predicted molar refractivity (Wildman–Crippen MR) is 236 cm³/mol. The van der Waals surface area contributed by atoms with E-state index in [1.165, 1.54) is 35.0 Å². The SMILES string of the molecule is C=C(CCC1=C(CN2CCN(c3ccc(C(=O)NS(=O)(=O)c4ccc(N[C@H](CCN(C)C)CSc5ccccc5)c(S(=O)(=O)C(F)(F)F)c4)cc3)CC2)CCC(C)(C)C1)C(F)F. The quantitative estimate of drug-likeness (QED) is 0.0686. The van der Waals surface area contributed by atoms with E-state index in [4.69, 9.17) is 0 Å². The van der Waals surface area contributed by atoms with Gasteiger partial charge in [0.2, 0.25) is 0 Å². The summed E-state index contributed by atoms with van der Waals surface area (Å²) in [7, 11) is -7.25. The van der Waals surface area contributed by atoms with Crippen molar-refractivity contribution < 1.29 is 43.6 Å². The molecule has 10 nitrogen and oxygen atoms in total. The Hall–Kier alpha value is -3.97. The second-order valence-corrected chi connectivity index (χ2v) is 21.6. The van der Waals surface area contributed by atoms with Gasteiger partial charge in [-0.3, -0.25) is 9.69 Å². The third-order valence-electron chi connectivity index (χ3n) is 11.2. The number of benzene rings is 3. The number of allylic oxidation sites excluding steroid dienone is 2. The molecule has 1 amide bonds. The van der Waals surface area contributed by atoms with Crippen LogP contribution in [0.2, 0.25) is 0 Å². The van der Waals surface area contributed by atoms with E-state index in [9.17, 15) is 43.6 Å². The first kappa shape index (κ1) is 49.1. The molecular weight excluding hydrogens is 870 g/mol. The summed E-state index contributed by atoms with van der Waals surface area (Å²) in [5.74, 6) is -0.694. The number of halogens is 5. The van der Waals surface area contributed by atoms with Crippen molar-refractivity contribution in [1.82, 2.24) is 14.5 Å². The number of anilines is 2. The third kappa shape index (κ3) is 13.3. The fourth-order valence-electron chi connectivity index (χ4n) is 7.51. The number of nitrogens with zero attached hydrogens (tertiary/aromatic N) is 3. The molecule has 340 valence electrons. The van der Waals surface area contributed by atoms with Crippen molar-refractivity contribution in [3.05, 3.63) is 102 Å². The smallest absolute Gasteiger partial charge is 0.380 e. The van der Waals surface area contributed by atoms with E-state index < -0.39 is 59.2 Å². The zero-order chi connectivity index (χ0) is 45.5. The minimum Gasteiger partial charge on any atom is -0.380 e. The van der Waals surface area contributed by atoms with Gasteiger partial charge in [0.15, 0.2) is 0 Å². The van der Waals surface area contributed by atoms with Gasteiger partial charge in [-0.05, 0) is 125 Å². The van der Waals surface area contributed by atoms with E-state index >= 15 is 0 Å². The number of sulfonamides is 1. The summed E-state index contributed by atoms with van der Waals surface area (Å²) in [6.07, 6.45) is 1.58. The summed E-state index contributed by atoms with van der Waals surface area (Å²) in [6.45, 7) is 12.1. The van der Waals surface area contributed by atoms with Gasteiger partial charge in [-0.25, -0.2) is 30.3 Å². The maximum absolute atomic E-state index is 14.0. The number of hydrogen-bond acceptors (Lipinski definition) is 10. The Bertz CT molecular complexity index is 2280. The molecule has 0 radical (unpaired) electrons. The molecule has 1 aliphatic heterocycles. The highest BCUT2D eigenvalue weighted by Crippen LogP contribution is 2.41. The van der Waals surface area contributed by atoms with Crippen LogP contribution < -0.4 is 14.9 Å². The molecule has 0 spiro atoms. The molecule has 1 atom stereocenters. The van der Waals surface area contributed by atoms with Crippen molar-refractivity contribution in [3.63, 3.8) is 0 Å². The molecule has 2 aliphatic rings. The van der Waals surface area contributed by atoms with E-state index in [0.29, 0.717) is 44.3 Å². The Kier molecular flexibility index (Phi) is 16.4. The van der Waals surface area contributed by atoms with Crippen LogP contribution in [0.4, 0.5) is 33.3 Å². The standard InChI is InChI=1S/C44H56F5N5O5S3/c1-31(41(45)46)11-12-33-28-43(2,3)21-19-34(33)29-53-23-25-54(26-24-53)36-15-13-32(14-16-36)42(55)51-62(58,59)38-17-18-39(40(27-38)61(56,57)44(47,48)49)50-35(20-22-52(4)5)30-60-37-9-7-6-8-10-37/h6-10,13-18,27,35,41,50H,1,11-12,19-26,28-30H2,2-5H3,(H,51,55)/t35-/m1/s1. The first-order chi connectivity index (χ1) is 29.0. The van der Waals surface area contributed by atoms with Gasteiger partial charge in [0.25, 0.3) is 32.2 Å². The monoisotopic (exact) mass is 925 g/mol. The summed E-state index contributed by atoms with van der Waals surface area (Å²) >= 11 is 1.43. The average Bonchev–Trinajstić information content (AvgIpc) is 3.21. The largest absolute Gasteiger partial charge is 0.501 e. The summed E-state index contributed by atoms with van der Waals surface area (Å²) in [6, 6.07) is 17.3. The van der Waals surface area contributed by atoms with Gasteiger partial charge in [-0.2, -0.15) is 13.2 Å². The number of carbonyl (C=O) groups excluding carboxylic acids is 1. The normalized spacial score (nSPS) is 17.0. The van der Waals surface area contributed by atoms with Crippen LogP contribution in [0.15, 0.2) is 111 Å². The molecule has 2 N–H and O–H groups in total. The third-order valence-corrected chi connectivity index (χ3v) is 15.2. The lowest BCUT2D eigenvalue weighted by atomic mass is 9.73. The van der Waals surface area contributed by atoms with Crippen molar-refractivity contribution >= 4 is 48.9 Å². The van der Waals surface area contributed by atoms with Crippen molar-refractivity contribution in [2.24, 2.45) is 5.41 Å². The number of thioether (sulfide) groups is 1. The minimum absolute atomic E-state index is 0.0359. The Morgan fingerprint density at radius 1 is 0.935 bits per heavy atom. The molecule has 0 bridgehead atoms. The summed E-state index contributed by atoms with van der Waals surface area (Å²) in [5.41, 5.74) is -2.77. The summed E-state index contributed by atoms with van der Waals surface area (Å²) < 4.78 is 123. The van der Waals surface area contributed by atoms with Crippen molar-refractivity contribution in [1.29, 1.82) is 0 Å². The molecule has 3 aromatic carbocycles. The van der Waals surface area contributed by atoms with Crippen LogP contribution >= 0.6 is 11.8 Å². The lowest BCUT2D eigenvalue weighted by molar-refractivity contribution is -0.0435. The van der Waals surface area contributed by atoms with Crippen LogP contribution in [0.3, 0.4) is 0 Å². The molecule has 1 fully saturated rings. The number of piperazine rings is 1. The second kappa shape index (κ2) is 20.7. The average molecular weight is 926 g/mol. The summed E-state index contributed by atoms with van der Waals surface area (Å²) in [5, 5.41) is 2.92. The highest BCUT2D eigenvalue weighted by molar-refractivity contribution is 7.99. The molecule has 1 heterocycles.